The first-order chi connectivity index (χ1) is 14.4. The van der Waals surface area contributed by atoms with Crippen molar-refractivity contribution in [2.75, 3.05) is 0 Å². The van der Waals surface area contributed by atoms with E-state index in [1.807, 2.05) is 0 Å². The number of carboxylic acid groups (broad SMARTS) is 1. The van der Waals surface area contributed by atoms with Gasteiger partial charge in [-0.15, -0.1) is 0 Å². The molecule has 0 aliphatic carbocycles. The molecular weight excluding hydrogens is 426 g/mol. The van der Waals surface area contributed by atoms with Gasteiger partial charge in [0.1, 0.15) is 5.75 Å². The van der Waals surface area contributed by atoms with Crippen LogP contribution in [0.2, 0.25) is 0 Å². The number of carbonyl (C=O) groups excluding carboxylic acids is 2. The molecule has 3 rings (SSSR count). The molecule has 2 amide bonds. The summed E-state index contributed by atoms with van der Waals surface area (Å²) in [6, 6.07) is 9.85. The van der Waals surface area contributed by atoms with E-state index in [9.17, 15) is 14.4 Å². The number of hydrogen-bond donors (Lipinski definition) is 2. The number of thioether (sulfide) groups is 1. The maximum Gasteiger partial charge on any atom is 0.344 e. The number of thiocarbonyl (C=S) groups is 1. The summed E-state index contributed by atoms with van der Waals surface area (Å²) in [5, 5.41) is 10.1. The molecule has 1 aromatic carbocycles. The number of nitrogens with zero attached hydrogens (tertiary/aromatic N) is 2. The second-order valence-electron chi connectivity index (χ2n) is 6.12. The highest BCUT2D eigenvalue weighted by Crippen LogP contribution is 2.31. The molecule has 0 spiro atoms. The number of carbonyl (C=O) groups is 3. The van der Waals surface area contributed by atoms with Gasteiger partial charge in [0.2, 0.25) is 0 Å². The molecule has 2 aromatic rings. The van der Waals surface area contributed by atoms with Gasteiger partial charge in [-0.25, -0.2) is 4.79 Å². The van der Waals surface area contributed by atoms with Gasteiger partial charge in [-0.2, -0.15) is 5.01 Å². The zero-order valence-corrected chi connectivity index (χ0v) is 17.4. The topological polar surface area (TPSA) is 109 Å². The number of aromatic nitrogens is 1. The quantitative estimate of drug-likeness (QED) is 0.497. The maximum atomic E-state index is 12.6. The van der Waals surface area contributed by atoms with E-state index in [-0.39, 0.29) is 4.32 Å². The lowest BCUT2D eigenvalue weighted by molar-refractivity contribution is -0.145. The number of aliphatic carboxylic acids is 1. The zero-order valence-electron chi connectivity index (χ0n) is 15.8. The lowest BCUT2D eigenvalue weighted by Crippen LogP contribution is -2.44. The first kappa shape index (κ1) is 21.5. The summed E-state index contributed by atoms with van der Waals surface area (Å²) in [6.45, 7) is 1.72. The van der Waals surface area contributed by atoms with Crippen LogP contribution in [-0.2, 0) is 9.59 Å². The SMILES string of the molecule is CCC(Oc1ccc(/C=C2/SC(=S)N(NC(=O)c3cccnc3)C2=O)cc1)C(=O)O. The third-order valence-corrected chi connectivity index (χ3v) is 5.34. The Hall–Kier alpha value is -3.24. The second kappa shape index (κ2) is 9.51. The largest absolute Gasteiger partial charge is 0.479 e. The molecule has 1 aliphatic heterocycles. The summed E-state index contributed by atoms with van der Waals surface area (Å²) in [5.41, 5.74) is 3.49. The first-order valence-corrected chi connectivity index (χ1v) is 10.1. The lowest BCUT2D eigenvalue weighted by atomic mass is 10.2. The summed E-state index contributed by atoms with van der Waals surface area (Å²) >= 11 is 6.27. The Balaban J connectivity index is 1.69. The molecule has 2 N–H and O–H groups in total. The van der Waals surface area contributed by atoms with Crippen molar-refractivity contribution in [2.45, 2.75) is 19.4 Å². The highest BCUT2D eigenvalue weighted by atomic mass is 32.2. The Kier molecular flexibility index (Phi) is 6.80. The van der Waals surface area contributed by atoms with Crippen LogP contribution in [0.3, 0.4) is 0 Å². The van der Waals surface area contributed by atoms with Crippen LogP contribution in [0.25, 0.3) is 6.08 Å². The molecule has 0 saturated carbocycles. The predicted molar refractivity (Wildman–Crippen MR) is 116 cm³/mol. The van der Waals surface area contributed by atoms with Crippen LogP contribution >= 0.6 is 24.0 Å². The van der Waals surface area contributed by atoms with E-state index in [0.717, 1.165) is 16.8 Å². The minimum absolute atomic E-state index is 0.204. The Bertz CT molecular complexity index is 1010. The molecule has 30 heavy (non-hydrogen) atoms. The smallest absolute Gasteiger partial charge is 0.344 e. The molecule has 1 saturated heterocycles. The molecule has 2 heterocycles. The molecule has 0 radical (unpaired) electrons. The fraction of sp³-hybridized carbons (Fsp3) is 0.150. The minimum Gasteiger partial charge on any atom is -0.479 e. The Labute approximate surface area is 181 Å². The molecule has 1 atom stereocenters. The second-order valence-corrected chi connectivity index (χ2v) is 7.80. The fourth-order valence-corrected chi connectivity index (χ4v) is 3.67. The number of rotatable bonds is 7. The zero-order chi connectivity index (χ0) is 21.7. The van der Waals surface area contributed by atoms with E-state index in [1.165, 1.54) is 6.20 Å². The highest BCUT2D eigenvalue weighted by Gasteiger charge is 2.33. The summed E-state index contributed by atoms with van der Waals surface area (Å²) in [7, 11) is 0. The van der Waals surface area contributed by atoms with Crippen molar-refractivity contribution in [3.63, 3.8) is 0 Å². The fourth-order valence-electron chi connectivity index (χ4n) is 2.49. The molecular formula is C20H17N3O5S2. The van der Waals surface area contributed by atoms with E-state index in [2.05, 4.69) is 10.4 Å². The monoisotopic (exact) mass is 443 g/mol. The third kappa shape index (κ3) is 5.02. The average molecular weight is 444 g/mol. The number of benzene rings is 1. The lowest BCUT2D eigenvalue weighted by Gasteiger charge is -2.15. The van der Waals surface area contributed by atoms with Gasteiger partial charge in [0, 0.05) is 12.4 Å². The Morgan fingerprint density at radius 2 is 2.07 bits per heavy atom. The van der Waals surface area contributed by atoms with Crippen LogP contribution in [-0.4, -0.2) is 43.3 Å². The van der Waals surface area contributed by atoms with Gasteiger partial charge in [-0.3, -0.25) is 20.0 Å². The van der Waals surface area contributed by atoms with Crippen LogP contribution < -0.4 is 10.2 Å². The Morgan fingerprint density at radius 1 is 1.33 bits per heavy atom. The molecule has 10 heteroatoms. The normalized spacial score (nSPS) is 15.9. The van der Waals surface area contributed by atoms with E-state index in [0.29, 0.717) is 28.2 Å². The van der Waals surface area contributed by atoms with Crippen molar-refractivity contribution < 1.29 is 24.2 Å². The Morgan fingerprint density at radius 3 is 2.67 bits per heavy atom. The number of ether oxygens (including phenoxy) is 1. The van der Waals surface area contributed by atoms with Crippen molar-refractivity contribution in [2.24, 2.45) is 0 Å². The van der Waals surface area contributed by atoms with Crippen LogP contribution in [0.5, 0.6) is 5.75 Å². The molecule has 0 bridgehead atoms. The summed E-state index contributed by atoms with van der Waals surface area (Å²) in [4.78, 5) is 40.2. The molecule has 1 aromatic heterocycles. The van der Waals surface area contributed by atoms with Crippen molar-refractivity contribution >= 4 is 52.2 Å². The van der Waals surface area contributed by atoms with Crippen LogP contribution in [0, 0.1) is 0 Å². The van der Waals surface area contributed by atoms with Crippen molar-refractivity contribution in [3.8, 4) is 5.75 Å². The minimum atomic E-state index is -1.03. The van der Waals surface area contributed by atoms with Gasteiger partial charge < -0.3 is 9.84 Å². The van der Waals surface area contributed by atoms with Gasteiger partial charge in [0.05, 0.1) is 10.5 Å². The summed E-state index contributed by atoms with van der Waals surface area (Å²) in [6.07, 6.45) is 3.98. The molecule has 1 aliphatic rings. The summed E-state index contributed by atoms with van der Waals surface area (Å²) < 4.78 is 5.62. The van der Waals surface area contributed by atoms with E-state index in [1.54, 1.807) is 55.6 Å². The van der Waals surface area contributed by atoms with Crippen LogP contribution in [0.4, 0.5) is 0 Å². The van der Waals surface area contributed by atoms with Crippen molar-refractivity contribution in [1.29, 1.82) is 0 Å². The standard InChI is InChI=1S/C20H17N3O5S2/c1-2-15(19(26)27)28-14-7-5-12(6-8-14)10-16-18(25)23(20(29)30-16)22-17(24)13-4-3-9-21-11-13/h3-11,15H,2H2,1H3,(H,22,24)(H,26,27)/b16-10+. The van der Waals surface area contributed by atoms with Gasteiger partial charge in [0.15, 0.2) is 10.4 Å². The molecule has 1 unspecified atom stereocenters. The van der Waals surface area contributed by atoms with E-state index < -0.39 is 23.9 Å². The first-order valence-electron chi connectivity index (χ1n) is 8.87. The third-order valence-electron chi connectivity index (χ3n) is 4.03. The van der Waals surface area contributed by atoms with E-state index in [4.69, 9.17) is 22.1 Å². The van der Waals surface area contributed by atoms with Crippen LogP contribution in [0.15, 0.2) is 53.7 Å². The van der Waals surface area contributed by atoms with Gasteiger partial charge in [0.25, 0.3) is 11.8 Å². The van der Waals surface area contributed by atoms with Crippen molar-refractivity contribution in [3.05, 3.63) is 64.8 Å². The summed E-state index contributed by atoms with van der Waals surface area (Å²) in [5.74, 6) is -1.55. The molecule has 8 nitrogen and oxygen atoms in total. The maximum absolute atomic E-state index is 12.6. The number of carboxylic acids is 1. The number of hydrazine groups is 1. The van der Waals surface area contributed by atoms with E-state index >= 15 is 0 Å². The van der Waals surface area contributed by atoms with Gasteiger partial charge in [-0.1, -0.05) is 30.8 Å². The highest BCUT2D eigenvalue weighted by molar-refractivity contribution is 8.26. The van der Waals surface area contributed by atoms with Gasteiger partial charge in [-0.05, 0) is 54.5 Å². The van der Waals surface area contributed by atoms with Crippen molar-refractivity contribution in [1.82, 2.24) is 15.4 Å². The average Bonchev–Trinajstić information content (AvgIpc) is 3.00. The van der Waals surface area contributed by atoms with Crippen LogP contribution in [0.1, 0.15) is 29.3 Å². The number of nitrogens with one attached hydrogen (secondary N) is 1. The predicted octanol–water partition coefficient (Wildman–Crippen LogP) is 2.87. The number of pyridine rings is 1. The molecule has 154 valence electrons. The molecule has 1 fully saturated rings. The van der Waals surface area contributed by atoms with Gasteiger partial charge >= 0.3 is 5.97 Å². The number of hydrogen-bond acceptors (Lipinski definition) is 7. The number of amides is 2.